The lowest BCUT2D eigenvalue weighted by Gasteiger charge is -2.25. The van der Waals surface area contributed by atoms with E-state index in [0.29, 0.717) is 5.41 Å². The van der Waals surface area contributed by atoms with Gasteiger partial charge >= 0.3 is 0 Å². The summed E-state index contributed by atoms with van der Waals surface area (Å²) in [7, 11) is 0. The molecule has 0 bridgehead atoms. The number of nitrogens with two attached hydrogens (primary N) is 1. The summed E-state index contributed by atoms with van der Waals surface area (Å²) in [5.74, 6) is 0.778. The largest absolute Gasteiger partial charge is 0.330 e. The topological polar surface area (TPSA) is 29.3 Å². The third-order valence-corrected chi connectivity index (χ3v) is 3.20. The highest BCUT2D eigenvalue weighted by Crippen LogP contribution is 2.21. The lowest BCUT2D eigenvalue weighted by molar-refractivity contribution is 0.242. The molecule has 0 saturated carbocycles. The van der Waals surface area contributed by atoms with Crippen molar-refractivity contribution < 1.29 is 0 Å². The molecule has 2 heteroatoms. The number of nitrogens with zero attached hydrogens (tertiary/aromatic N) is 1. The van der Waals surface area contributed by atoms with E-state index in [1.807, 2.05) is 0 Å². The van der Waals surface area contributed by atoms with Crippen LogP contribution in [0.3, 0.4) is 0 Å². The maximum Gasteiger partial charge on any atom is 0.000427 e. The van der Waals surface area contributed by atoms with Crippen molar-refractivity contribution in [2.45, 2.75) is 53.9 Å². The lowest BCUT2D eigenvalue weighted by Crippen LogP contribution is -2.29. The molecule has 0 heterocycles. The molecule has 0 aromatic carbocycles. The van der Waals surface area contributed by atoms with Crippen LogP contribution < -0.4 is 5.73 Å². The van der Waals surface area contributed by atoms with E-state index in [-0.39, 0.29) is 0 Å². The summed E-state index contributed by atoms with van der Waals surface area (Å²) in [6, 6.07) is 0. The summed E-state index contributed by atoms with van der Waals surface area (Å²) in [5, 5.41) is 0. The van der Waals surface area contributed by atoms with Crippen LogP contribution in [0, 0.1) is 11.3 Å². The summed E-state index contributed by atoms with van der Waals surface area (Å²) < 4.78 is 0. The van der Waals surface area contributed by atoms with Gasteiger partial charge in [0.2, 0.25) is 0 Å². The van der Waals surface area contributed by atoms with E-state index >= 15 is 0 Å². The minimum absolute atomic E-state index is 0.328. The SMILES string of the molecule is CCN(CCCCC(C)(C)CN)CC(C)C. The molecule has 0 amide bonds. The predicted octanol–water partition coefficient (Wildman–Crippen LogP) is 3.12. The van der Waals surface area contributed by atoms with Crippen molar-refractivity contribution >= 4 is 0 Å². The molecule has 0 fully saturated rings. The zero-order valence-corrected chi connectivity index (χ0v) is 12.1. The number of rotatable bonds is 9. The number of unbranched alkanes of at least 4 members (excludes halogenated alkanes) is 1. The summed E-state index contributed by atoms with van der Waals surface area (Å²) in [6.45, 7) is 15.8. The molecular weight excluding hydrogens is 196 g/mol. The molecule has 0 aromatic heterocycles. The molecule has 98 valence electrons. The Morgan fingerprint density at radius 1 is 1.19 bits per heavy atom. The average Bonchev–Trinajstić information content (AvgIpc) is 2.22. The van der Waals surface area contributed by atoms with Gasteiger partial charge in [-0.3, -0.25) is 0 Å². The highest BCUT2D eigenvalue weighted by Gasteiger charge is 2.14. The van der Waals surface area contributed by atoms with Gasteiger partial charge in [0.05, 0.1) is 0 Å². The van der Waals surface area contributed by atoms with Crippen LogP contribution in [0.15, 0.2) is 0 Å². The first-order valence-corrected chi connectivity index (χ1v) is 6.83. The molecule has 0 atom stereocenters. The first kappa shape index (κ1) is 15.9. The smallest absolute Gasteiger partial charge is 0.000427 e. The standard InChI is InChI=1S/C14H32N2/c1-6-16(11-13(2)3)10-8-7-9-14(4,5)12-15/h13H,6-12,15H2,1-5H3. The molecule has 2 nitrogen and oxygen atoms in total. The molecule has 0 aliphatic rings. The van der Waals surface area contributed by atoms with E-state index in [9.17, 15) is 0 Å². The second kappa shape index (κ2) is 8.08. The minimum atomic E-state index is 0.328. The third kappa shape index (κ3) is 8.12. The van der Waals surface area contributed by atoms with E-state index in [1.165, 1.54) is 38.9 Å². The highest BCUT2D eigenvalue weighted by atomic mass is 15.1. The van der Waals surface area contributed by atoms with Gasteiger partial charge in [0, 0.05) is 6.54 Å². The zero-order valence-electron chi connectivity index (χ0n) is 12.1. The Labute approximate surface area is 103 Å². The molecule has 0 rings (SSSR count). The third-order valence-electron chi connectivity index (χ3n) is 3.20. The monoisotopic (exact) mass is 228 g/mol. The molecule has 0 aromatic rings. The normalized spacial score (nSPS) is 12.8. The van der Waals surface area contributed by atoms with Crippen LogP contribution in [0.1, 0.15) is 53.9 Å². The van der Waals surface area contributed by atoms with Crippen LogP contribution in [0.5, 0.6) is 0 Å². The van der Waals surface area contributed by atoms with Crippen LogP contribution in [-0.2, 0) is 0 Å². The second-order valence-corrected chi connectivity index (χ2v) is 6.11. The van der Waals surface area contributed by atoms with Gasteiger partial charge in [-0.25, -0.2) is 0 Å². The highest BCUT2D eigenvalue weighted by molar-refractivity contribution is 4.69. The van der Waals surface area contributed by atoms with Crippen LogP contribution in [0.25, 0.3) is 0 Å². The van der Waals surface area contributed by atoms with Crippen LogP contribution >= 0.6 is 0 Å². The summed E-state index contributed by atoms with van der Waals surface area (Å²) >= 11 is 0. The Morgan fingerprint density at radius 3 is 2.25 bits per heavy atom. The molecule has 16 heavy (non-hydrogen) atoms. The molecule has 0 aliphatic carbocycles. The fraction of sp³-hybridized carbons (Fsp3) is 1.00. The first-order chi connectivity index (χ1) is 7.41. The van der Waals surface area contributed by atoms with Crippen molar-refractivity contribution in [2.24, 2.45) is 17.1 Å². The van der Waals surface area contributed by atoms with E-state index < -0.39 is 0 Å². The van der Waals surface area contributed by atoms with Crippen molar-refractivity contribution in [1.29, 1.82) is 0 Å². The summed E-state index contributed by atoms with van der Waals surface area (Å²) in [4.78, 5) is 2.56. The van der Waals surface area contributed by atoms with Gasteiger partial charge in [-0.2, -0.15) is 0 Å². The van der Waals surface area contributed by atoms with Gasteiger partial charge in [-0.15, -0.1) is 0 Å². The van der Waals surface area contributed by atoms with Crippen LogP contribution in [0.4, 0.5) is 0 Å². The molecule has 0 aliphatic heterocycles. The Kier molecular flexibility index (Phi) is 8.04. The van der Waals surface area contributed by atoms with Gasteiger partial charge in [-0.05, 0) is 43.8 Å². The van der Waals surface area contributed by atoms with Crippen LogP contribution in [-0.4, -0.2) is 31.1 Å². The number of hydrogen-bond acceptors (Lipinski definition) is 2. The van der Waals surface area contributed by atoms with Crippen molar-refractivity contribution in [1.82, 2.24) is 4.90 Å². The maximum atomic E-state index is 5.73. The van der Waals surface area contributed by atoms with Gasteiger partial charge in [0.25, 0.3) is 0 Å². The Hall–Kier alpha value is -0.0800. The Balaban J connectivity index is 3.63. The average molecular weight is 228 g/mol. The fourth-order valence-electron chi connectivity index (χ4n) is 1.94. The fourth-order valence-corrected chi connectivity index (χ4v) is 1.94. The van der Waals surface area contributed by atoms with E-state index in [2.05, 4.69) is 39.5 Å². The molecular formula is C14H32N2. The van der Waals surface area contributed by atoms with Crippen molar-refractivity contribution in [3.8, 4) is 0 Å². The lowest BCUT2D eigenvalue weighted by atomic mass is 9.87. The minimum Gasteiger partial charge on any atom is -0.330 e. The van der Waals surface area contributed by atoms with Crippen molar-refractivity contribution in [2.75, 3.05) is 26.2 Å². The second-order valence-electron chi connectivity index (χ2n) is 6.11. The van der Waals surface area contributed by atoms with E-state index in [4.69, 9.17) is 5.73 Å². The van der Waals surface area contributed by atoms with Gasteiger partial charge in [0.1, 0.15) is 0 Å². The molecule has 0 radical (unpaired) electrons. The van der Waals surface area contributed by atoms with Crippen molar-refractivity contribution in [3.05, 3.63) is 0 Å². The van der Waals surface area contributed by atoms with Crippen molar-refractivity contribution in [3.63, 3.8) is 0 Å². The molecule has 0 unspecified atom stereocenters. The quantitative estimate of drug-likeness (QED) is 0.614. The van der Waals surface area contributed by atoms with Gasteiger partial charge in [0.15, 0.2) is 0 Å². The maximum absolute atomic E-state index is 5.73. The van der Waals surface area contributed by atoms with Gasteiger partial charge in [-0.1, -0.05) is 41.0 Å². The summed E-state index contributed by atoms with van der Waals surface area (Å²) in [6.07, 6.45) is 3.87. The van der Waals surface area contributed by atoms with Crippen LogP contribution in [0.2, 0.25) is 0 Å². The van der Waals surface area contributed by atoms with E-state index in [1.54, 1.807) is 0 Å². The van der Waals surface area contributed by atoms with Gasteiger partial charge < -0.3 is 10.6 Å². The Bertz CT molecular complexity index is 164. The molecule has 0 spiro atoms. The van der Waals surface area contributed by atoms with E-state index in [0.717, 1.165) is 12.5 Å². The summed E-state index contributed by atoms with van der Waals surface area (Å²) in [5.41, 5.74) is 6.06. The predicted molar refractivity (Wildman–Crippen MR) is 73.6 cm³/mol. The molecule has 0 saturated heterocycles. The Morgan fingerprint density at radius 2 is 1.81 bits per heavy atom. The first-order valence-electron chi connectivity index (χ1n) is 6.83. The number of hydrogen-bond donors (Lipinski definition) is 1. The zero-order chi connectivity index (χ0) is 12.6. The molecule has 2 N–H and O–H groups in total.